The molecule has 1 N–H and O–H groups in total. The largest absolute Gasteiger partial charge is 0.448 e. The lowest BCUT2D eigenvalue weighted by atomic mass is 9.92. The van der Waals surface area contributed by atoms with Crippen molar-refractivity contribution in [2.24, 2.45) is 0 Å². The van der Waals surface area contributed by atoms with Crippen molar-refractivity contribution in [2.75, 3.05) is 27.3 Å². The molecule has 0 aliphatic carbocycles. The number of rotatable bonds is 5. The Morgan fingerprint density at radius 2 is 2.33 bits per heavy atom. The van der Waals surface area contributed by atoms with Gasteiger partial charge in [-0.05, 0) is 19.8 Å². The number of oxazole rings is 1. The summed E-state index contributed by atoms with van der Waals surface area (Å²) in [6.45, 7) is 2.61. The highest BCUT2D eigenvalue weighted by Gasteiger charge is 2.46. The summed E-state index contributed by atoms with van der Waals surface area (Å²) in [5.74, 6) is 0.168. The van der Waals surface area contributed by atoms with Gasteiger partial charge >= 0.3 is 0 Å². The fraction of sp³-hybridized carbons (Fsp3) is 0.643. The molecule has 1 saturated heterocycles. The first-order valence-electron chi connectivity index (χ1n) is 6.95. The highest BCUT2D eigenvalue weighted by atomic mass is 16.5. The van der Waals surface area contributed by atoms with Crippen LogP contribution < -0.4 is 5.32 Å². The van der Waals surface area contributed by atoms with Crippen molar-refractivity contribution in [1.29, 1.82) is 0 Å². The molecule has 1 fully saturated rings. The van der Waals surface area contributed by atoms with Gasteiger partial charge in [0.2, 0.25) is 5.91 Å². The molecule has 0 bridgehead atoms. The molecule has 2 amide bonds. The van der Waals surface area contributed by atoms with Crippen LogP contribution in [0.1, 0.15) is 35.5 Å². The number of hydrogen-bond donors (Lipinski definition) is 1. The second-order valence-corrected chi connectivity index (χ2v) is 5.32. The van der Waals surface area contributed by atoms with Crippen LogP contribution in [-0.2, 0) is 9.53 Å². The highest BCUT2D eigenvalue weighted by molar-refractivity contribution is 5.94. The molecule has 0 aromatic carbocycles. The van der Waals surface area contributed by atoms with Gasteiger partial charge in [0, 0.05) is 20.7 Å². The van der Waals surface area contributed by atoms with Crippen LogP contribution in [0.5, 0.6) is 0 Å². The molecule has 0 radical (unpaired) electrons. The van der Waals surface area contributed by atoms with Crippen LogP contribution >= 0.6 is 0 Å². The van der Waals surface area contributed by atoms with Crippen LogP contribution in [0.4, 0.5) is 0 Å². The van der Waals surface area contributed by atoms with Crippen molar-refractivity contribution in [1.82, 2.24) is 15.2 Å². The number of carbonyl (C=O) groups is 2. The van der Waals surface area contributed by atoms with E-state index >= 15 is 0 Å². The van der Waals surface area contributed by atoms with E-state index < -0.39 is 5.54 Å². The number of amides is 2. The zero-order valence-electron chi connectivity index (χ0n) is 12.6. The van der Waals surface area contributed by atoms with E-state index in [0.717, 1.165) is 12.8 Å². The van der Waals surface area contributed by atoms with E-state index in [1.165, 1.54) is 6.39 Å². The summed E-state index contributed by atoms with van der Waals surface area (Å²) in [4.78, 5) is 30.2. The molecule has 1 atom stereocenters. The molecule has 2 heterocycles. The van der Waals surface area contributed by atoms with Crippen molar-refractivity contribution >= 4 is 11.8 Å². The van der Waals surface area contributed by atoms with E-state index in [0.29, 0.717) is 24.6 Å². The second-order valence-electron chi connectivity index (χ2n) is 5.32. The van der Waals surface area contributed by atoms with Crippen LogP contribution in [0, 0.1) is 6.92 Å². The molecule has 2 rings (SSSR count). The molecule has 21 heavy (non-hydrogen) atoms. The van der Waals surface area contributed by atoms with Crippen LogP contribution in [0.2, 0.25) is 0 Å². The van der Waals surface area contributed by atoms with Crippen molar-refractivity contribution in [3.8, 4) is 0 Å². The number of likely N-dealkylation sites (tertiary alicyclic amines) is 1. The minimum Gasteiger partial charge on any atom is -0.448 e. The average Bonchev–Trinajstić information content (AvgIpc) is 3.05. The Hall–Kier alpha value is -1.89. The SMILES string of the molecule is CNC(=O)CC1(COC)CCCN1C(=O)c1ncoc1C. The third-order valence-corrected chi connectivity index (χ3v) is 3.97. The zero-order chi connectivity index (χ0) is 15.5. The van der Waals surface area contributed by atoms with Gasteiger partial charge < -0.3 is 19.4 Å². The quantitative estimate of drug-likeness (QED) is 0.866. The summed E-state index contributed by atoms with van der Waals surface area (Å²) >= 11 is 0. The molecule has 0 saturated carbocycles. The van der Waals surface area contributed by atoms with Crippen molar-refractivity contribution in [3.05, 3.63) is 17.8 Å². The van der Waals surface area contributed by atoms with Crippen LogP contribution in [0.3, 0.4) is 0 Å². The number of nitrogens with one attached hydrogen (secondary N) is 1. The smallest absolute Gasteiger partial charge is 0.276 e. The molecule has 1 aliphatic heterocycles. The van der Waals surface area contributed by atoms with Gasteiger partial charge in [-0.15, -0.1) is 0 Å². The molecule has 7 heteroatoms. The van der Waals surface area contributed by atoms with Crippen LogP contribution in [0.25, 0.3) is 0 Å². The number of hydrogen-bond acceptors (Lipinski definition) is 5. The van der Waals surface area contributed by atoms with E-state index in [1.807, 2.05) is 0 Å². The predicted molar refractivity (Wildman–Crippen MR) is 74.8 cm³/mol. The standard InChI is InChI=1S/C14H21N3O4/c1-10-12(16-9-21-10)13(19)17-6-4-5-14(17,8-20-3)7-11(18)15-2/h9H,4-8H2,1-3H3,(H,15,18). The summed E-state index contributed by atoms with van der Waals surface area (Å²) in [6.07, 6.45) is 3.05. The summed E-state index contributed by atoms with van der Waals surface area (Å²) in [5.41, 5.74) is -0.314. The predicted octanol–water partition coefficient (Wildman–Crippen LogP) is 0.740. The van der Waals surface area contributed by atoms with E-state index in [4.69, 9.17) is 9.15 Å². The summed E-state index contributed by atoms with van der Waals surface area (Å²) in [5, 5.41) is 2.61. The number of ether oxygens (including phenoxy) is 1. The molecule has 1 unspecified atom stereocenters. The molecule has 116 valence electrons. The first-order valence-corrected chi connectivity index (χ1v) is 6.95. The second kappa shape index (κ2) is 6.26. The molecule has 1 aromatic heterocycles. The Bertz CT molecular complexity index is 528. The fourth-order valence-corrected chi connectivity index (χ4v) is 2.93. The molecule has 1 aliphatic rings. The maximum Gasteiger partial charge on any atom is 0.276 e. The molecule has 7 nitrogen and oxygen atoms in total. The van der Waals surface area contributed by atoms with Gasteiger partial charge in [-0.3, -0.25) is 9.59 Å². The number of methoxy groups -OCH3 is 1. The first kappa shape index (κ1) is 15.5. The van der Waals surface area contributed by atoms with Gasteiger partial charge in [0.05, 0.1) is 18.6 Å². The Balaban J connectivity index is 2.29. The minimum absolute atomic E-state index is 0.108. The molecular formula is C14H21N3O4. The Morgan fingerprint density at radius 1 is 1.57 bits per heavy atom. The Morgan fingerprint density at radius 3 is 2.90 bits per heavy atom. The van der Waals surface area contributed by atoms with E-state index in [2.05, 4.69) is 10.3 Å². The summed E-state index contributed by atoms with van der Waals surface area (Å²) in [7, 11) is 3.17. The number of nitrogens with zero attached hydrogens (tertiary/aromatic N) is 2. The normalized spacial score (nSPS) is 21.6. The van der Waals surface area contributed by atoms with Gasteiger partial charge in [0.25, 0.3) is 5.91 Å². The lowest BCUT2D eigenvalue weighted by Crippen LogP contribution is -2.53. The summed E-state index contributed by atoms with van der Waals surface area (Å²) in [6, 6.07) is 0. The van der Waals surface area contributed by atoms with Crippen LogP contribution in [0.15, 0.2) is 10.8 Å². The summed E-state index contributed by atoms with van der Waals surface area (Å²) < 4.78 is 10.4. The number of aromatic nitrogens is 1. The van der Waals surface area contributed by atoms with Gasteiger partial charge in [0.1, 0.15) is 5.76 Å². The van der Waals surface area contributed by atoms with Crippen molar-refractivity contribution < 1.29 is 18.7 Å². The van der Waals surface area contributed by atoms with Gasteiger partial charge in [-0.25, -0.2) is 4.98 Å². The van der Waals surface area contributed by atoms with Crippen molar-refractivity contribution in [3.63, 3.8) is 0 Å². The van der Waals surface area contributed by atoms with Gasteiger partial charge in [0.15, 0.2) is 12.1 Å². The monoisotopic (exact) mass is 295 g/mol. The average molecular weight is 295 g/mol. The third-order valence-electron chi connectivity index (χ3n) is 3.97. The maximum atomic E-state index is 12.7. The van der Waals surface area contributed by atoms with Crippen LogP contribution in [-0.4, -0.2) is 54.5 Å². The number of aryl methyl sites for hydroxylation is 1. The highest BCUT2D eigenvalue weighted by Crippen LogP contribution is 2.34. The fourth-order valence-electron chi connectivity index (χ4n) is 2.93. The van der Waals surface area contributed by atoms with Gasteiger partial charge in [-0.2, -0.15) is 0 Å². The minimum atomic E-state index is -0.614. The number of carbonyl (C=O) groups excluding carboxylic acids is 2. The third kappa shape index (κ3) is 2.92. The van der Waals surface area contributed by atoms with Gasteiger partial charge in [-0.1, -0.05) is 0 Å². The molecule has 1 aromatic rings. The molecule has 0 spiro atoms. The topological polar surface area (TPSA) is 84.7 Å². The lowest BCUT2D eigenvalue weighted by Gasteiger charge is -2.37. The van der Waals surface area contributed by atoms with Crippen molar-refractivity contribution in [2.45, 2.75) is 31.7 Å². The zero-order valence-corrected chi connectivity index (χ0v) is 12.6. The maximum absolute atomic E-state index is 12.7. The Kier molecular flexibility index (Phi) is 4.62. The molecular weight excluding hydrogens is 274 g/mol. The lowest BCUT2D eigenvalue weighted by molar-refractivity contribution is -0.123. The van der Waals surface area contributed by atoms with E-state index in [1.54, 1.807) is 26.0 Å². The Labute approximate surface area is 123 Å². The first-order chi connectivity index (χ1) is 10.0. The van der Waals surface area contributed by atoms with E-state index in [9.17, 15) is 9.59 Å². The van der Waals surface area contributed by atoms with E-state index in [-0.39, 0.29) is 18.2 Å².